The van der Waals surface area contributed by atoms with Crippen LogP contribution in [0, 0.1) is 0 Å². The number of hydrogen-bond acceptors (Lipinski definition) is 0. The van der Waals surface area contributed by atoms with Crippen LogP contribution < -0.4 is 0 Å². The van der Waals surface area contributed by atoms with E-state index in [-0.39, 0.29) is 0 Å². The van der Waals surface area contributed by atoms with Gasteiger partial charge in [-0.1, -0.05) is 0 Å². The van der Waals surface area contributed by atoms with Gasteiger partial charge in [-0.05, 0) is 0 Å². The summed E-state index contributed by atoms with van der Waals surface area (Å²) in [6, 6.07) is 0. The summed E-state index contributed by atoms with van der Waals surface area (Å²) in [5.41, 5.74) is 0. The Morgan fingerprint density at radius 3 is 2.71 bits per heavy atom. The van der Waals surface area contributed by atoms with Gasteiger partial charge in [0.15, 0.2) is 0 Å². The second kappa shape index (κ2) is 6.00. The molecule has 7 heavy (non-hydrogen) atoms. The molecule has 0 unspecified atom stereocenters. The Kier molecular flexibility index (Phi) is 6.00. The van der Waals surface area contributed by atoms with Gasteiger partial charge < -0.3 is 0 Å². The van der Waals surface area contributed by atoms with Crippen molar-refractivity contribution < 1.29 is 0 Å². The summed E-state index contributed by atoms with van der Waals surface area (Å²) in [6.07, 6.45) is 1.94. The molecular weight excluding hydrogens is 79.3 g/mol. The summed E-state index contributed by atoms with van der Waals surface area (Å²) >= 11 is 0. The molecule has 0 heterocycles. The zero-order valence-electron chi connectivity index (χ0n) is 4.46. The van der Waals surface area contributed by atoms with Crippen molar-refractivity contribution in [2.45, 2.75) is 6.92 Å². The van der Waals surface area contributed by atoms with E-state index in [1.807, 2.05) is 25.8 Å². The molecule has 0 aromatic carbocycles. The Labute approximate surface area is 47.4 Å². The van der Waals surface area contributed by atoms with E-state index in [1.165, 1.54) is 6.69 Å². The third-order valence-electron chi connectivity index (χ3n) is 0.526. The first kappa shape index (κ1) is 7.00. The van der Waals surface area contributed by atoms with Crippen LogP contribution in [0.5, 0.6) is 0 Å². The number of rotatable bonds is 2. The summed E-state index contributed by atoms with van der Waals surface area (Å²) in [5.74, 6) is 1.92. The third kappa shape index (κ3) is 6.00. The van der Waals surface area contributed by atoms with Crippen LogP contribution >= 0.6 is 0 Å². The molecule has 0 aliphatic carbocycles. The molecule has 0 aromatic rings. The molecule has 0 amide bonds. The van der Waals surface area contributed by atoms with Gasteiger partial charge in [-0.2, -0.15) is 0 Å². The molecule has 29 valence electrons. The van der Waals surface area contributed by atoms with Crippen LogP contribution in [0.2, 0.25) is 0 Å². The minimum absolute atomic E-state index is 1.50. The van der Waals surface area contributed by atoms with Crippen LogP contribution in [0.4, 0.5) is 0 Å². The molecule has 0 aliphatic rings. The van der Waals surface area contributed by atoms with Crippen LogP contribution in [0.1, 0.15) is 6.92 Å². The molecular formula is C3H5B4. The van der Waals surface area contributed by atoms with E-state index in [9.17, 15) is 0 Å². The van der Waals surface area contributed by atoms with Gasteiger partial charge in [-0.25, -0.2) is 0 Å². The predicted octanol–water partition coefficient (Wildman–Crippen LogP) is -0.454. The van der Waals surface area contributed by atoms with Gasteiger partial charge in [0.25, 0.3) is 0 Å². The molecule has 0 N–H and O–H groups in total. The first-order chi connectivity index (χ1) is 3.41. The van der Waals surface area contributed by atoms with Crippen molar-refractivity contribution >= 4 is 27.6 Å². The molecule has 0 atom stereocenters. The summed E-state index contributed by atoms with van der Waals surface area (Å²) in [7, 11) is 5.02. The molecule has 0 fully saturated rings. The van der Waals surface area contributed by atoms with Crippen molar-refractivity contribution in [3.05, 3.63) is 12.1 Å². The summed E-state index contributed by atoms with van der Waals surface area (Å²) in [6.45, 7) is 7.11. The van der Waals surface area contributed by atoms with Crippen LogP contribution in [0.25, 0.3) is 0 Å². The molecule has 0 spiro atoms. The van der Waals surface area contributed by atoms with E-state index >= 15 is 0 Å². The summed E-state index contributed by atoms with van der Waals surface area (Å²) < 4.78 is 0. The van der Waals surface area contributed by atoms with Gasteiger partial charge >= 0.3 is 46.5 Å². The van der Waals surface area contributed by atoms with E-state index in [4.69, 9.17) is 7.37 Å². The molecule has 0 bridgehead atoms. The van der Waals surface area contributed by atoms with Crippen molar-refractivity contribution in [1.29, 1.82) is 0 Å². The van der Waals surface area contributed by atoms with Gasteiger partial charge in [-0.15, -0.1) is 0 Å². The second-order valence-corrected chi connectivity index (χ2v) is 1.10. The second-order valence-electron chi connectivity index (χ2n) is 1.10. The molecule has 0 saturated carbocycles. The Bertz CT molecular complexity index is 93.1. The van der Waals surface area contributed by atoms with Crippen molar-refractivity contribution in [2.75, 3.05) is 0 Å². The quantitative estimate of drug-likeness (QED) is 0.397. The maximum atomic E-state index is 5.02. The van der Waals surface area contributed by atoms with Crippen molar-refractivity contribution in [3.63, 3.8) is 0 Å². The van der Waals surface area contributed by atoms with Gasteiger partial charge in [0.05, 0.1) is 0 Å². The van der Waals surface area contributed by atoms with Gasteiger partial charge in [0, 0.05) is 0 Å². The fourth-order valence-corrected chi connectivity index (χ4v) is 0.239. The average Bonchev–Trinajstić information content (AvgIpc) is 1.69. The predicted molar refractivity (Wildman–Crippen MR) is 37.8 cm³/mol. The Hall–Kier alpha value is -0.000260. The topological polar surface area (TPSA) is 0 Å². The van der Waals surface area contributed by atoms with Crippen molar-refractivity contribution in [1.82, 2.24) is 0 Å². The minimum atomic E-state index is 1.50. The van der Waals surface area contributed by atoms with Crippen LogP contribution in [0.15, 0.2) is 12.1 Å². The average molecular weight is 84.3 g/mol. The van der Waals surface area contributed by atoms with E-state index in [2.05, 4.69) is 0 Å². The molecule has 0 aromatic heterocycles. The number of hydrogen-bond donors (Lipinski definition) is 0. The zero-order valence-corrected chi connectivity index (χ0v) is 4.46. The van der Waals surface area contributed by atoms with E-state index < -0.39 is 0 Å². The molecule has 0 nitrogen and oxygen atoms in total. The molecule has 0 saturated heterocycles. The Balaban J connectivity index is 3.27. The Morgan fingerprint density at radius 2 is 2.29 bits per heavy atom. The van der Waals surface area contributed by atoms with Crippen LogP contribution in [0.3, 0.4) is 0 Å². The van der Waals surface area contributed by atoms with E-state index in [1.54, 1.807) is 6.69 Å². The fourth-order valence-electron chi connectivity index (χ4n) is 0.239. The monoisotopic (exact) mass is 85.1 g/mol. The molecule has 0 aliphatic heterocycles. The van der Waals surface area contributed by atoms with Crippen molar-refractivity contribution in [3.8, 4) is 0 Å². The Morgan fingerprint density at radius 1 is 1.57 bits per heavy atom. The first-order valence-electron chi connectivity index (χ1n) is 2.24. The third-order valence-corrected chi connectivity index (χ3v) is 0.526. The van der Waals surface area contributed by atoms with Gasteiger partial charge in [-0.3, -0.25) is 0 Å². The fraction of sp³-hybridized carbons (Fsp3) is 0.333. The normalized spacial score (nSPS) is 8.00. The first-order valence-corrected chi connectivity index (χ1v) is 2.24. The zero-order chi connectivity index (χ0) is 5.54. The van der Waals surface area contributed by atoms with Gasteiger partial charge in [0.2, 0.25) is 0 Å². The van der Waals surface area contributed by atoms with E-state index in [0.29, 0.717) is 0 Å². The van der Waals surface area contributed by atoms with Gasteiger partial charge in [0.1, 0.15) is 0 Å². The SMILES string of the molecule is [B]=BB=B/C=C/C. The number of allylic oxidation sites excluding steroid dienone is 1. The van der Waals surface area contributed by atoms with Crippen molar-refractivity contribution in [2.24, 2.45) is 0 Å². The summed E-state index contributed by atoms with van der Waals surface area (Å²) in [4.78, 5) is 0. The standard InChI is InChI=1S/C3H5B4/c1-2-3-5-7-6-4/h2-3H,1H3/b3-2+. The van der Waals surface area contributed by atoms with E-state index in [0.717, 1.165) is 0 Å². The van der Waals surface area contributed by atoms with Crippen LogP contribution in [-0.2, 0) is 0 Å². The molecule has 0 rings (SSSR count). The van der Waals surface area contributed by atoms with Crippen LogP contribution in [-0.4, -0.2) is 27.6 Å². The summed E-state index contributed by atoms with van der Waals surface area (Å²) in [5, 5.41) is 0. The molecule has 1 radical (unpaired) electrons. The maximum absolute atomic E-state index is 5.02. The molecule has 4 heteroatoms.